The van der Waals surface area contributed by atoms with Crippen LogP contribution in [-0.4, -0.2) is 87.5 Å². The van der Waals surface area contributed by atoms with Crippen LogP contribution in [0.4, 0.5) is 0 Å². The minimum atomic E-state index is -1.58. The van der Waals surface area contributed by atoms with Crippen molar-refractivity contribution in [3.8, 4) is 0 Å². The van der Waals surface area contributed by atoms with Gasteiger partial charge in [-0.25, -0.2) is 0 Å². The highest BCUT2D eigenvalue weighted by Gasteiger charge is 2.44. The lowest BCUT2D eigenvalue weighted by Gasteiger charge is -2.40. The first-order valence-corrected chi connectivity index (χ1v) is 29.3. The van der Waals surface area contributed by atoms with Crippen molar-refractivity contribution in [2.24, 2.45) is 0 Å². The number of unbranched alkanes of at least 4 members (excludes halogenated alkanes) is 27. The average molecular weight is 997 g/mol. The van der Waals surface area contributed by atoms with Crippen LogP contribution in [0, 0.1) is 0 Å². The third-order valence-electron chi connectivity index (χ3n) is 13.4. The molecule has 0 aromatic heterocycles. The summed E-state index contributed by atoms with van der Waals surface area (Å²) >= 11 is 0. The Bertz CT molecular complexity index is 1390. The Hall–Kier alpha value is -2.63. The van der Waals surface area contributed by atoms with Crippen molar-refractivity contribution >= 4 is 5.91 Å². The second-order valence-electron chi connectivity index (χ2n) is 20.0. The van der Waals surface area contributed by atoms with E-state index in [1.807, 2.05) is 6.08 Å². The molecular formula is C62H109NO8. The molecule has 6 N–H and O–H groups in total. The van der Waals surface area contributed by atoms with Crippen LogP contribution in [0.3, 0.4) is 0 Å². The van der Waals surface area contributed by atoms with Crippen molar-refractivity contribution in [3.63, 3.8) is 0 Å². The first kappa shape index (κ1) is 66.4. The summed E-state index contributed by atoms with van der Waals surface area (Å²) in [6, 6.07) is -0.839. The molecule has 0 aromatic rings. The van der Waals surface area contributed by atoms with Crippen LogP contribution in [0.25, 0.3) is 0 Å². The fourth-order valence-corrected chi connectivity index (χ4v) is 8.83. The molecular weight excluding hydrogens is 887 g/mol. The quantitative estimate of drug-likeness (QED) is 0.0261. The zero-order valence-electron chi connectivity index (χ0n) is 45.5. The second kappa shape index (κ2) is 50.9. The monoisotopic (exact) mass is 996 g/mol. The van der Waals surface area contributed by atoms with Gasteiger partial charge in [-0.15, -0.1) is 0 Å². The van der Waals surface area contributed by atoms with Gasteiger partial charge in [0, 0.05) is 6.42 Å². The number of ether oxygens (including phenoxy) is 2. The van der Waals surface area contributed by atoms with Crippen LogP contribution in [-0.2, 0) is 14.3 Å². The van der Waals surface area contributed by atoms with Crippen molar-refractivity contribution in [2.45, 2.75) is 288 Å². The van der Waals surface area contributed by atoms with E-state index in [2.05, 4.69) is 92.1 Å². The fourth-order valence-electron chi connectivity index (χ4n) is 8.83. The van der Waals surface area contributed by atoms with Crippen LogP contribution < -0.4 is 5.32 Å². The predicted octanol–water partition coefficient (Wildman–Crippen LogP) is 14.6. The lowest BCUT2D eigenvalue weighted by Crippen LogP contribution is -2.60. The number of nitrogens with one attached hydrogen (secondary N) is 1. The molecule has 1 aliphatic heterocycles. The molecule has 1 fully saturated rings. The van der Waals surface area contributed by atoms with E-state index in [9.17, 15) is 30.3 Å². The van der Waals surface area contributed by atoms with E-state index in [-0.39, 0.29) is 12.5 Å². The minimum Gasteiger partial charge on any atom is -0.394 e. The smallest absolute Gasteiger partial charge is 0.220 e. The Morgan fingerprint density at radius 1 is 0.493 bits per heavy atom. The van der Waals surface area contributed by atoms with Gasteiger partial charge < -0.3 is 40.3 Å². The Kier molecular flexibility index (Phi) is 47.6. The zero-order chi connectivity index (χ0) is 51.5. The number of carbonyl (C=O) groups is 1. The van der Waals surface area contributed by atoms with Crippen LogP contribution in [0.5, 0.6) is 0 Å². The summed E-state index contributed by atoms with van der Waals surface area (Å²) in [5.41, 5.74) is 0. The Balaban J connectivity index is 2.27. The molecule has 0 aliphatic carbocycles. The molecule has 0 saturated carbocycles. The molecule has 9 nitrogen and oxygen atoms in total. The van der Waals surface area contributed by atoms with Gasteiger partial charge in [0.15, 0.2) is 6.29 Å². The molecule has 0 radical (unpaired) electrons. The molecule has 7 atom stereocenters. The second-order valence-corrected chi connectivity index (χ2v) is 20.0. The molecule has 410 valence electrons. The topological polar surface area (TPSA) is 149 Å². The number of rotatable bonds is 49. The molecule has 1 aliphatic rings. The summed E-state index contributed by atoms with van der Waals surface area (Å²) in [6.07, 6.45) is 65.1. The first-order chi connectivity index (χ1) is 34.8. The van der Waals surface area contributed by atoms with Crippen LogP contribution in [0.1, 0.15) is 245 Å². The van der Waals surface area contributed by atoms with Gasteiger partial charge in [0.1, 0.15) is 24.4 Å². The molecule has 9 heteroatoms. The number of amides is 1. The van der Waals surface area contributed by atoms with E-state index in [0.29, 0.717) is 6.42 Å². The molecule has 1 amide bonds. The van der Waals surface area contributed by atoms with Gasteiger partial charge in [0.25, 0.3) is 0 Å². The number of allylic oxidation sites excluding steroid dienone is 13. The normalized spacial score (nSPS) is 19.9. The minimum absolute atomic E-state index is 0.201. The largest absolute Gasteiger partial charge is 0.394 e. The summed E-state index contributed by atoms with van der Waals surface area (Å²) < 4.78 is 11.3. The number of carbonyl (C=O) groups excluding carboxylic acids is 1. The first-order valence-electron chi connectivity index (χ1n) is 29.3. The summed E-state index contributed by atoms with van der Waals surface area (Å²) in [5, 5.41) is 54.5. The number of aliphatic hydroxyl groups is 5. The standard InChI is InChI=1S/C62H109NO8/c1-3-5-7-9-11-13-15-17-19-21-23-25-26-27-28-29-30-32-33-35-37-39-41-43-45-47-49-51-56(65)55(54-70-62-61(69)60(68)59(67)57(53-64)71-62)63-58(66)52-50-48-46-44-42-40-38-36-34-31-24-22-20-18-16-14-12-10-8-6-4-2/h6,8,12,14,18,20,24,31,33,35,41,43,49,51,55-57,59-62,64-65,67-69H,3-5,7,9-11,13,15-17,19,21-23,25-30,32,34,36-40,42,44-48,50,52-54H2,1-2H3,(H,63,66)/b8-6-,14-12-,20-18-,31-24-,35-33+,43-41+,51-49+. The highest BCUT2D eigenvalue weighted by atomic mass is 16.7. The molecule has 1 rings (SSSR count). The fraction of sp³-hybridized carbons (Fsp3) is 0.758. The third kappa shape index (κ3) is 40.4. The van der Waals surface area contributed by atoms with E-state index >= 15 is 0 Å². The summed E-state index contributed by atoms with van der Waals surface area (Å²) in [7, 11) is 0. The van der Waals surface area contributed by atoms with Crippen molar-refractivity contribution in [1.82, 2.24) is 5.32 Å². The van der Waals surface area contributed by atoms with Crippen molar-refractivity contribution in [3.05, 3.63) is 85.1 Å². The van der Waals surface area contributed by atoms with Crippen LogP contribution in [0.15, 0.2) is 85.1 Å². The van der Waals surface area contributed by atoms with E-state index < -0.39 is 49.5 Å². The van der Waals surface area contributed by atoms with Crippen molar-refractivity contribution in [2.75, 3.05) is 13.2 Å². The van der Waals surface area contributed by atoms with Gasteiger partial charge >= 0.3 is 0 Å². The van der Waals surface area contributed by atoms with Gasteiger partial charge in [-0.1, -0.05) is 240 Å². The number of hydrogen-bond donors (Lipinski definition) is 6. The average Bonchev–Trinajstić information content (AvgIpc) is 3.37. The van der Waals surface area contributed by atoms with E-state index in [1.54, 1.807) is 6.08 Å². The highest BCUT2D eigenvalue weighted by molar-refractivity contribution is 5.76. The maximum atomic E-state index is 13.0. The van der Waals surface area contributed by atoms with Gasteiger partial charge in [-0.2, -0.15) is 0 Å². The summed E-state index contributed by atoms with van der Waals surface area (Å²) in [5.74, 6) is -0.201. The lowest BCUT2D eigenvalue weighted by atomic mass is 9.99. The molecule has 0 aromatic carbocycles. The van der Waals surface area contributed by atoms with E-state index in [0.717, 1.165) is 83.5 Å². The summed E-state index contributed by atoms with van der Waals surface area (Å²) in [6.45, 7) is 3.65. The number of aliphatic hydroxyl groups excluding tert-OH is 5. The van der Waals surface area contributed by atoms with Crippen LogP contribution in [0.2, 0.25) is 0 Å². The van der Waals surface area contributed by atoms with Gasteiger partial charge in [-0.05, 0) is 83.5 Å². The van der Waals surface area contributed by atoms with Gasteiger partial charge in [0.05, 0.1) is 25.4 Å². The number of hydrogen-bond acceptors (Lipinski definition) is 8. The maximum absolute atomic E-state index is 13.0. The van der Waals surface area contributed by atoms with Gasteiger partial charge in [-0.3, -0.25) is 4.79 Å². The maximum Gasteiger partial charge on any atom is 0.220 e. The van der Waals surface area contributed by atoms with E-state index in [1.165, 1.54) is 141 Å². The molecule has 7 unspecified atom stereocenters. The molecule has 0 spiro atoms. The Morgan fingerprint density at radius 2 is 0.887 bits per heavy atom. The molecule has 1 saturated heterocycles. The summed E-state index contributed by atoms with van der Waals surface area (Å²) in [4.78, 5) is 13.0. The zero-order valence-corrected chi connectivity index (χ0v) is 45.5. The van der Waals surface area contributed by atoms with E-state index in [4.69, 9.17) is 9.47 Å². The van der Waals surface area contributed by atoms with Crippen molar-refractivity contribution in [1.29, 1.82) is 0 Å². The van der Waals surface area contributed by atoms with Crippen LogP contribution >= 0.6 is 0 Å². The highest BCUT2D eigenvalue weighted by Crippen LogP contribution is 2.23. The van der Waals surface area contributed by atoms with Crippen molar-refractivity contribution < 1.29 is 39.8 Å². The molecule has 0 bridgehead atoms. The predicted molar refractivity (Wildman–Crippen MR) is 299 cm³/mol. The molecule has 71 heavy (non-hydrogen) atoms. The Labute approximate surface area is 435 Å². The lowest BCUT2D eigenvalue weighted by molar-refractivity contribution is -0.302. The Morgan fingerprint density at radius 3 is 1.35 bits per heavy atom. The molecule has 1 heterocycles. The third-order valence-corrected chi connectivity index (χ3v) is 13.4. The van der Waals surface area contributed by atoms with Gasteiger partial charge in [0.2, 0.25) is 5.91 Å². The SMILES string of the molecule is CC/C=C\C/C=C\C/C=C\C/C=C\CCCCCCCCCCC(=O)NC(COC1OC(CO)C(O)C(O)C1O)C(O)/C=C/CC/C=C/CC/C=C/CCCCCCCCCCCCCCCCCCC.